The van der Waals surface area contributed by atoms with E-state index in [9.17, 15) is 14.7 Å². The minimum absolute atomic E-state index is 0.0678. The summed E-state index contributed by atoms with van der Waals surface area (Å²) in [5.41, 5.74) is 4.90. The Bertz CT molecular complexity index is 1570. The first-order valence-electron chi connectivity index (χ1n) is 11.1. The quantitative estimate of drug-likeness (QED) is 0.240. The Morgan fingerprint density at radius 1 is 0.757 bits per heavy atom. The lowest BCUT2D eigenvalue weighted by Gasteiger charge is -2.10. The van der Waals surface area contributed by atoms with E-state index in [0.29, 0.717) is 38.4 Å². The molecule has 184 valence electrons. The molecule has 37 heavy (non-hydrogen) atoms. The summed E-state index contributed by atoms with van der Waals surface area (Å²) in [7, 11) is 0. The summed E-state index contributed by atoms with van der Waals surface area (Å²) in [4.78, 5) is 29.9. The number of nitrogens with one attached hydrogen (secondary N) is 2. The number of hydrogen-bond acceptors (Lipinski definition) is 4. The number of aliphatic imine (C=N–C) groups is 1. The normalized spacial score (nSPS) is 12.0. The van der Waals surface area contributed by atoms with Gasteiger partial charge in [0.05, 0.1) is 27.0 Å². The van der Waals surface area contributed by atoms with Gasteiger partial charge in [0.15, 0.2) is 0 Å². The molecule has 0 unspecified atom stereocenters. The number of halogens is 3. The van der Waals surface area contributed by atoms with Gasteiger partial charge in [0.25, 0.3) is 11.8 Å². The predicted octanol–water partition coefficient (Wildman–Crippen LogP) is 7.53. The van der Waals surface area contributed by atoms with Crippen molar-refractivity contribution in [3.05, 3.63) is 116 Å². The van der Waals surface area contributed by atoms with Crippen molar-refractivity contribution in [3.63, 3.8) is 0 Å². The van der Waals surface area contributed by atoms with Gasteiger partial charge in [-0.25, -0.2) is 0 Å². The van der Waals surface area contributed by atoms with Gasteiger partial charge >= 0.3 is 0 Å². The Balaban J connectivity index is 1.24. The molecular weight excluding hydrogens is 533 g/mol. The van der Waals surface area contributed by atoms with E-state index < -0.39 is 5.91 Å². The average molecular weight is 551 g/mol. The third-order valence-electron chi connectivity index (χ3n) is 5.82. The van der Waals surface area contributed by atoms with Crippen LogP contribution in [-0.4, -0.2) is 22.6 Å². The van der Waals surface area contributed by atoms with Crippen LogP contribution in [0.2, 0.25) is 15.1 Å². The van der Waals surface area contributed by atoms with Gasteiger partial charge in [-0.1, -0.05) is 46.9 Å². The highest BCUT2D eigenvalue weighted by atomic mass is 35.5. The molecule has 2 amide bonds. The number of phenolic OH excluding ortho intramolecular Hbond substituents is 1. The lowest BCUT2D eigenvalue weighted by Crippen LogP contribution is -2.14. The molecule has 1 aliphatic rings. The second-order valence-corrected chi connectivity index (χ2v) is 9.61. The Kier molecular flexibility index (Phi) is 6.89. The molecule has 0 aliphatic carbocycles. The molecule has 9 heteroatoms. The maximum atomic E-state index is 12.8. The van der Waals surface area contributed by atoms with Crippen molar-refractivity contribution >= 4 is 69.4 Å². The van der Waals surface area contributed by atoms with E-state index in [1.807, 2.05) is 18.2 Å². The molecule has 1 heterocycles. The van der Waals surface area contributed by atoms with Crippen LogP contribution < -0.4 is 10.6 Å². The van der Waals surface area contributed by atoms with Gasteiger partial charge in [0.2, 0.25) is 0 Å². The van der Waals surface area contributed by atoms with Crippen molar-refractivity contribution in [2.45, 2.75) is 6.42 Å². The van der Waals surface area contributed by atoms with Crippen molar-refractivity contribution in [3.8, 4) is 5.75 Å². The van der Waals surface area contributed by atoms with Crippen LogP contribution >= 0.6 is 34.8 Å². The number of benzene rings is 4. The summed E-state index contributed by atoms with van der Waals surface area (Å²) in [5.74, 6) is -1.12. The molecule has 6 nitrogen and oxygen atoms in total. The molecule has 0 saturated carbocycles. The standard InChI is InChI=1S/C28H18Cl3N3O3/c29-18-5-7-19(8-6-18)32-28(37)21-10-9-20(13-26(21)35)33-27(36)16-3-1-15(2-4-16)24-12-17-11-22(30)23(31)14-25(17)34-24/h1-11,13-14,35H,12H2,(H,32,37)(H,33,36). The molecule has 4 aromatic carbocycles. The fourth-order valence-electron chi connectivity index (χ4n) is 3.91. The van der Waals surface area contributed by atoms with Crippen molar-refractivity contribution < 1.29 is 14.7 Å². The monoisotopic (exact) mass is 549 g/mol. The summed E-state index contributed by atoms with van der Waals surface area (Å²) >= 11 is 18.1. The minimum Gasteiger partial charge on any atom is -0.507 e. The van der Waals surface area contributed by atoms with E-state index in [2.05, 4.69) is 15.6 Å². The molecule has 0 atom stereocenters. The van der Waals surface area contributed by atoms with Crippen LogP contribution in [0.1, 0.15) is 31.8 Å². The summed E-state index contributed by atoms with van der Waals surface area (Å²) in [6.45, 7) is 0. The lowest BCUT2D eigenvalue weighted by molar-refractivity contribution is 0.101. The molecule has 5 rings (SSSR count). The maximum Gasteiger partial charge on any atom is 0.259 e. The maximum absolute atomic E-state index is 12.8. The Hall–Kier alpha value is -3.84. The van der Waals surface area contributed by atoms with Gasteiger partial charge in [-0.2, -0.15) is 0 Å². The number of anilines is 2. The number of carbonyl (C=O) groups excluding carboxylic acids is 2. The number of fused-ring (bicyclic) bond motifs is 1. The molecule has 0 fully saturated rings. The van der Waals surface area contributed by atoms with E-state index in [4.69, 9.17) is 34.8 Å². The molecule has 3 N–H and O–H groups in total. The van der Waals surface area contributed by atoms with Crippen molar-refractivity contribution in [2.24, 2.45) is 4.99 Å². The summed E-state index contributed by atoms with van der Waals surface area (Å²) in [6, 6.07) is 21.5. The first-order valence-corrected chi connectivity index (χ1v) is 12.3. The highest BCUT2D eigenvalue weighted by Crippen LogP contribution is 2.36. The fraction of sp³-hybridized carbons (Fsp3) is 0.0357. The van der Waals surface area contributed by atoms with Crippen LogP contribution in [0.5, 0.6) is 5.75 Å². The molecular formula is C28H18Cl3N3O3. The number of rotatable bonds is 5. The second kappa shape index (κ2) is 10.3. The van der Waals surface area contributed by atoms with E-state index in [1.54, 1.807) is 48.5 Å². The fourth-order valence-corrected chi connectivity index (χ4v) is 4.38. The van der Waals surface area contributed by atoms with Crippen LogP contribution in [0.4, 0.5) is 17.1 Å². The summed E-state index contributed by atoms with van der Waals surface area (Å²) in [5, 5.41) is 17.3. The summed E-state index contributed by atoms with van der Waals surface area (Å²) < 4.78 is 0. The van der Waals surface area contributed by atoms with E-state index >= 15 is 0 Å². The average Bonchev–Trinajstić information content (AvgIpc) is 3.28. The SMILES string of the molecule is O=C(Nc1ccc(C(=O)Nc2ccc(Cl)cc2)c(O)c1)c1ccc(C2=Nc3cc(Cl)c(Cl)cc3C2)cc1. The van der Waals surface area contributed by atoms with Crippen LogP contribution in [0.3, 0.4) is 0 Å². The smallest absolute Gasteiger partial charge is 0.259 e. The largest absolute Gasteiger partial charge is 0.507 e. The van der Waals surface area contributed by atoms with Gasteiger partial charge in [-0.05, 0) is 71.8 Å². The number of phenols is 1. The highest BCUT2D eigenvalue weighted by molar-refractivity contribution is 6.42. The Labute approximate surface area is 227 Å². The molecule has 0 bridgehead atoms. The van der Waals surface area contributed by atoms with E-state index in [0.717, 1.165) is 22.5 Å². The topological polar surface area (TPSA) is 90.8 Å². The zero-order valence-electron chi connectivity index (χ0n) is 19.1. The third kappa shape index (κ3) is 5.47. The molecule has 0 aromatic heterocycles. The van der Waals surface area contributed by atoms with Gasteiger partial charge in [-0.15, -0.1) is 0 Å². The molecule has 1 aliphatic heterocycles. The number of amides is 2. The number of carbonyl (C=O) groups is 2. The molecule has 0 radical (unpaired) electrons. The van der Waals surface area contributed by atoms with Gasteiger partial charge in [-0.3, -0.25) is 14.6 Å². The van der Waals surface area contributed by atoms with E-state index in [-0.39, 0.29) is 17.2 Å². The van der Waals surface area contributed by atoms with Crippen molar-refractivity contribution in [2.75, 3.05) is 10.6 Å². The highest BCUT2D eigenvalue weighted by Gasteiger charge is 2.19. The molecule has 0 saturated heterocycles. The lowest BCUT2D eigenvalue weighted by atomic mass is 10.0. The van der Waals surface area contributed by atoms with Gasteiger partial charge < -0.3 is 15.7 Å². The van der Waals surface area contributed by atoms with Crippen molar-refractivity contribution in [1.29, 1.82) is 0 Å². The summed E-state index contributed by atoms with van der Waals surface area (Å²) in [6.07, 6.45) is 0.620. The molecule has 4 aromatic rings. The number of nitrogens with zero attached hydrogens (tertiary/aromatic N) is 1. The zero-order chi connectivity index (χ0) is 26.1. The number of hydrogen-bond donors (Lipinski definition) is 3. The second-order valence-electron chi connectivity index (χ2n) is 8.35. The van der Waals surface area contributed by atoms with Crippen LogP contribution in [0, 0.1) is 0 Å². The minimum atomic E-state index is -0.491. The Morgan fingerprint density at radius 3 is 2.11 bits per heavy atom. The third-order valence-corrected chi connectivity index (χ3v) is 6.79. The first-order chi connectivity index (χ1) is 17.8. The zero-order valence-corrected chi connectivity index (χ0v) is 21.3. The van der Waals surface area contributed by atoms with Gasteiger partial charge in [0.1, 0.15) is 5.75 Å². The van der Waals surface area contributed by atoms with Gasteiger partial charge in [0, 0.05) is 34.4 Å². The van der Waals surface area contributed by atoms with Crippen LogP contribution in [-0.2, 0) is 6.42 Å². The number of aromatic hydroxyl groups is 1. The predicted molar refractivity (Wildman–Crippen MR) is 148 cm³/mol. The van der Waals surface area contributed by atoms with Crippen LogP contribution in [0.15, 0.2) is 83.9 Å². The van der Waals surface area contributed by atoms with E-state index in [1.165, 1.54) is 12.1 Å². The Morgan fingerprint density at radius 2 is 1.41 bits per heavy atom. The van der Waals surface area contributed by atoms with Crippen molar-refractivity contribution in [1.82, 2.24) is 0 Å². The van der Waals surface area contributed by atoms with Crippen LogP contribution in [0.25, 0.3) is 0 Å². The first kappa shape index (κ1) is 24.8. The molecule has 0 spiro atoms.